The van der Waals surface area contributed by atoms with Gasteiger partial charge < -0.3 is 15.2 Å². The molecule has 0 saturated carbocycles. The van der Waals surface area contributed by atoms with Crippen LogP contribution in [-0.2, 0) is 7.05 Å². The fourth-order valence-corrected chi connectivity index (χ4v) is 2.81. The maximum Gasteiger partial charge on any atom is 0.323 e. The van der Waals surface area contributed by atoms with Crippen molar-refractivity contribution >= 4 is 51.6 Å². The van der Waals surface area contributed by atoms with E-state index in [2.05, 4.69) is 15.6 Å². The van der Waals surface area contributed by atoms with E-state index >= 15 is 0 Å². The van der Waals surface area contributed by atoms with Crippen molar-refractivity contribution < 1.29 is 4.79 Å². The molecule has 4 aromatic rings. The van der Waals surface area contributed by atoms with Crippen LogP contribution in [0.1, 0.15) is 0 Å². The molecule has 2 amide bonds. The number of aryl methyl sites for hydroxylation is 1. The number of amides is 2. The maximum absolute atomic E-state index is 12.2. The fourth-order valence-electron chi connectivity index (χ4n) is 2.81. The fraction of sp³-hybridized carbons (Fsp3) is 0.0526. The van der Waals surface area contributed by atoms with Crippen LogP contribution in [0.2, 0.25) is 0 Å². The van der Waals surface area contributed by atoms with Gasteiger partial charge in [0.05, 0.1) is 5.52 Å². The van der Waals surface area contributed by atoms with Gasteiger partial charge in [0.25, 0.3) is 0 Å². The number of hydrogen-bond donors (Lipinski definition) is 2. The van der Waals surface area contributed by atoms with Gasteiger partial charge in [-0.1, -0.05) is 6.07 Å². The minimum Gasteiger partial charge on any atom is -0.351 e. The lowest BCUT2D eigenvalue weighted by molar-refractivity contribution is 0.262. The van der Waals surface area contributed by atoms with Gasteiger partial charge in [-0.05, 0) is 48.5 Å². The number of anilines is 2. The van der Waals surface area contributed by atoms with E-state index in [1.165, 1.54) is 0 Å². The van der Waals surface area contributed by atoms with Crippen molar-refractivity contribution in [1.29, 1.82) is 0 Å². The zero-order valence-electron chi connectivity index (χ0n) is 13.6. The number of urea groups is 1. The van der Waals surface area contributed by atoms with Crippen molar-refractivity contribution in [3.05, 3.63) is 67.0 Å². The van der Waals surface area contributed by atoms with Crippen LogP contribution in [-0.4, -0.2) is 15.6 Å². The molecule has 25 heavy (non-hydrogen) atoms. The van der Waals surface area contributed by atoms with Crippen LogP contribution in [0.15, 0.2) is 67.0 Å². The first kappa shape index (κ1) is 16.8. The second-order valence-electron chi connectivity index (χ2n) is 5.69. The van der Waals surface area contributed by atoms with Crippen molar-refractivity contribution in [2.75, 3.05) is 10.6 Å². The number of fused-ring (bicyclic) bond motifs is 2. The van der Waals surface area contributed by atoms with E-state index in [0.29, 0.717) is 0 Å². The Morgan fingerprint density at radius 2 is 1.68 bits per heavy atom. The summed E-state index contributed by atoms with van der Waals surface area (Å²) < 4.78 is 2.04. The summed E-state index contributed by atoms with van der Waals surface area (Å²) in [5.41, 5.74) is 3.52. The van der Waals surface area contributed by atoms with Gasteiger partial charge in [0, 0.05) is 47.1 Å². The summed E-state index contributed by atoms with van der Waals surface area (Å²) in [7, 11) is 2.00. The zero-order chi connectivity index (χ0) is 16.5. The summed E-state index contributed by atoms with van der Waals surface area (Å²) in [6.07, 6.45) is 3.75. The van der Waals surface area contributed by atoms with Crippen LogP contribution in [0.5, 0.6) is 0 Å². The van der Waals surface area contributed by atoms with Crippen LogP contribution in [0.25, 0.3) is 21.8 Å². The molecular weight excluding hydrogens is 336 g/mol. The quantitative estimate of drug-likeness (QED) is 0.544. The van der Waals surface area contributed by atoms with E-state index in [9.17, 15) is 4.79 Å². The highest BCUT2D eigenvalue weighted by Gasteiger charge is 2.05. The molecule has 0 bridgehead atoms. The van der Waals surface area contributed by atoms with E-state index < -0.39 is 0 Å². The first-order valence-corrected chi connectivity index (χ1v) is 7.67. The number of rotatable bonds is 2. The molecule has 6 heteroatoms. The molecular formula is C19H17ClN4O. The average Bonchev–Trinajstić information content (AvgIpc) is 2.95. The summed E-state index contributed by atoms with van der Waals surface area (Å²) >= 11 is 0. The molecule has 0 aliphatic rings. The number of nitrogens with one attached hydrogen (secondary N) is 2. The molecule has 2 aromatic carbocycles. The predicted molar refractivity (Wildman–Crippen MR) is 105 cm³/mol. The van der Waals surface area contributed by atoms with Crippen molar-refractivity contribution in [3.8, 4) is 0 Å². The number of halogens is 1. The smallest absolute Gasteiger partial charge is 0.323 e. The Morgan fingerprint density at radius 1 is 0.960 bits per heavy atom. The van der Waals surface area contributed by atoms with E-state index in [1.54, 1.807) is 6.20 Å². The Labute approximate surface area is 151 Å². The lowest BCUT2D eigenvalue weighted by atomic mass is 10.2. The number of pyridine rings is 1. The van der Waals surface area contributed by atoms with Gasteiger partial charge in [-0.15, -0.1) is 12.4 Å². The molecule has 0 atom stereocenters. The van der Waals surface area contributed by atoms with Gasteiger partial charge in [0.2, 0.25) is 0 Å². The summed E-state index contributed by atoms with van der Waals surface area (Å²) in [6, 6.07) is 17.1. The van der Waals surface area contributed by atoms with Gasteiger partial charge in [0.15, 0.2) is 0 Å². The van der Waals surface area contributed by atoms with Gasteiger partial charge in [-0.2, -0.15) is 0 Å². The number of benzene rings is 2. The monoisotopic (exact) mass is 352 g/mol. The number of carbonyl (C=O) groups is 1. The first-order chi connectivity index (χ1) is 11.7. The molecule has 0 aliphatic carbocycles. The van der Waals surface area contributed by atoms with Crippen LogP contribution >= 0.6 is 12.4 Å². The highest BCUT2D eigenvalue weighted by molar-refractivity contribution is 6.02. The maximum atomic E-state index is 12.2. The number of carbonyl (C=O) groups excluding carboxylic acids is 1. The Morgan fingerprint density at radius 3 is 2.48 bits per heavy atom. The predicted octanol–water partition coefficient (Wildman–Crippen LogP) is 4.79. The normalized spacial score (nSPS) is 10.4. The molecule has 2 heterocycles. The molecule has 2 N–H and O–H groups in total. The molecule has 0 radical (unpaired) electrons. The molecule has 0 unspecified atom stereocenters. The molecule has 0 fully saturated rings. The van der Waals surface area contributed by atoms with Crippen molar-refractivity contribution in [3.63, 3.8) is 0 Å². The second kappa shape index (κ2) is 6.83. The summed E-state index contributed by atoms with van der Waals surface area (Å²) in [5.74, 6) is 0. The van der Waals surface area contributed by atoms with Crippen LogP contribution in [0.4, 0.5) is 16.2 Å². The highest BCUT2D eigenvalue weighted by Crippen LogP contribution is 2.21. The second-order valence-corrected chi connectivity index (χ2v) is 5.69. The zero-order valence-corrected chi connectivity index (χ0v) is 14.4. The molecule has 5 nitrogen and oxygen atoms in total. The minimum absolute atomic E-state index is 0. The van der Waals surface area contributed by atoms with Gasteiger partial charge in [-0.25, -0.2) is 4.79 Å². The van der Waals surface area contributed by atoms with Crippen molar-refractivity contribution in [2.45, 2.75) is 0 Å². The van der Waals surface area contributed by atoms with Crippen molar-refractivity contribution in [1.82, 2.24) is 9.55 Å². The van der Waals surface area contributed by atoms with Gasteiger partial charge in [-0.3, -0.25) is 4.98 Å². The lowest BCUT2D eigenvalue weighted by Gasteiger charge is -2.09. The van der Waals surface area contributed by atoms with E-state index in [0.717, 1.165) is 33.2 Å². The van der Waals surface area contributed by atoms with E-state index in [1.807, 2.05) is 72.4 Å². The molecule has 0 aliphatic heterocycles. The third-order valence-electron chi connectivity index (χ3n) is 4.00. The number of hydrogen-bond acceptors (Lipinski definition) is 2. The Kier molecular flexibility index (Phi) is 4.59. The first-order valence-electron chi connectivity index (χ1n) is 7.67. The highest BCUT2D eigenvalue weighted by atomic mass is 35.5. The molecule has 126 valence electrons. The number of aromatic nitrogens is 2. The molecule has 2 aromatic heterocycles. The summed E-state index contributed by atoms with van der Waals surface area (Å²) in [4.78, 5) is 16.5. The minimum atomic E-state index is -0.270. The summed E-state index contributed by atoms with van der Waals surface area (Å²) in [6.45, 7) is 0. The van der Waals surface area contributed by atoms with Gasteiger partial charge >= 0.3 is 6.03 Å². The number of nitrogens with zero attached hydrogens (tertiary/aromatic N) is 2. The average molecular weight is 353 g/mol. The third kappa shape index (κ3) is 3.41. The Hall–Kier alpha value is -3.05. The van der Waals surface area contributed by atoms with Crippen molar-refractivity contribution in [2.24, 2.45) is 7.05 Å². The van der Waals surface area contributed by atoms with Gasteiger partial charge in [0.1, 0.15) is 0 Å². The topological polar surface area (TPSA) is 59.0 Å². The van der Waals surface area contributed by atoms with E-state index in [4.69, 9.17) is 0 Å². The van der Waals surface area contributed by atoms with Crippen LogP contribution in [0.3, 0.4) is 0 Å². The largest absolute Gasteiger partial charge is 0.351 e. The Bertz CT molecular complexity index is 1060. The molecule has 4 rings (SSSR count). The SMILES string of the molecule is Cl.Cn1ccc2cc(NC(=O)Nc3ccc4ncccc4c3)ccc21. The molecule has 0 saturated heterocycles. The lowest BCUT2D eigenvalue weighted by Crippen LogP contribution is -2.19. The third-order valence-corrected chi connectivity index (χ3v) is 4.00. The molecule has 0 spiro atoms. The Balaban J connectivity index is 0.00000182. The van der Waals surface area contributed by atoms with Crippen LogP contribution < -0.4 is 10.6 Å². The van der Waals surface area contributed by atoms with Crippen LogP contribution in [0, 0.1) is 0 Å². The standard InChI is InChI=1S/C19H16N4O.ClH/c1-23-10-8-14-12-16(5-7-18(14)23)22-19(24)21-15-4-6-17-13(11-15)3-2-9-20-17;/h2-12H,1H3,(H2,21,22,24);1H. The van der Waals surface area contributed by atoms with E-state index in [-0.39, 0.29) is 18.4 Å². The summed E-state index contributed by atoms with van der Waals surface area (Å²) in [5, 5.41) is 7.79.